The summed E-state index contributed by atoms with van der Waals surface area (Å²) in [5.74, 6) is 1.95. The van der Waals surface area contributed by atoms with E-state index in [0.29, 0.717) is 28.8 Å². The average molecular weight is 490 g/mol. The summed E-state index contributed by atoms with van der Waals surface area (Å²) >= 11 is 13.9. The van der Waals surface area contributed by atoms with Crippen molar-refractivity contribution in [3.63, 3.8) is 0 Å². The van der Waals surface area contributed by atoms with E-state index in [1.165, 1.54) is 28.7 Å². The molecular formula is C23H25Cl2N5OS. The Morgan fingerprint density at radius 1 is 1.09 bits per heavy atom. The predicted molar refractivity (Wildman–Crippen MR) is 133 cm³/mol. The maximum absolute atomic E-state index is 12.8. The minimum atomic E-state index is -0.127. The third kappa shape index (κ3) is 4.14. The van der Waals surface area contributed by atoms with Gasteiger partial charge in [-0.2, -0.15) is 0 Å². The Labute approximate surface area is 201 Å². The minimum absolute atomic E-state index is 0.127. The second-order valence-electron chi connectivity index (χ2n) is 8.24. The van der Waals surface area contributed by atoms with Crippen LogP contribution in [0.3, 0.4) is 0 Å². The number of carbonyl (C=O) groups is 1. The molecule has 1 fully saturated rings. The molecule has 2 amide bonds. The van der Waals surface area contributed by atoms with Gasteiger partial charge in [0.25, 0.3) is 0 Å². The van der Waals surface area contributed by atoms with Gasteiger partial charge in [-0.05, 0) is 49.4 Å². The number of thiophene rings is 1. The summed E-state index contributed by atoms with van der Waals surface area (Å²) in [4.78, 5) is 29.3. The van der Waals surface area contributed by atoms with Crippen molar-refractivity contribution in [3.8, 4) is 0 Å². The Morgan fingerprint density at radius 2 is 1.88 bits per heavy atom. The van der Waals surface area contributed by atoms with Crippen LogP contribution in [0.4, 0.5) is 16.3 Å². The van der Waals surface area contributed by atoms with Gasteiger partial charge in [0.15, 0.2) is 0 Å². The summed E-state index contributed by atoms with van der Waals surface area (Å²) in [6, 6.07) is 4.98. The zero-order chi connectivity index (χ0) is 22.2. The van der Waals surface area contributed by atoms with Gasteiger partial charge in [-0.1, -0.05) is 30.1 Å². The SMILES string of the molecule is CCc1nc(N2CCN(C(=O)Nc3ccc(Cl)c(Cl)c3)CC2)c2c3c(sc2n1)CCCC3. The number of aromatic nitrogens is 2. The number of nitrogens with zero attached hydrogens (tertiary/aromatic N) is 4. The van der Waals surface area contributed by atoms with Gasteiger partial charge in [0.2, 0.25) is 0 Å². The zero-order valence-corrected chi connectivity index (χ0v) is 20.3. The van der Waals surface area contributed by atoms with Gasteiger partial charge >= 0.3 is 6.03 Å². The first-order valence-electron chi connectivity index (χ1n) is 11.1. The summed E-state index contributed by atoms with van der Waals surface area (Å²) in [5, 5.41) is 5.06. The Kier molecular flexibility index (Phi) is 6.14. The highest BCUT2D eigenvalue weighted by Gasteiger charge is 2.27. The maximum atomic E-state index is 12.8. The van der Waals surface area contributed by atoms with Crippen LogP contribution in [-0.4, -0.2) is 47.1 Å². The molecule has 1 aromatic carbocycles. The van der Waals surface area contributed by atoms with Crippen molar-refractivity contribution in [3.05, 3.63) is 44.5 Å². The van der Waals surface area contributed by atoms with Crippen molar-refractivity contribution >= 4 is 62.3 Å². The first-order valence-corrected chi connectivity index (χ1v) is 12.7. The molecule has 5 rings (SSSR count). The van der Waals surface area contributed by atoms with Crippen LogP contribution in [0.15, 0.2) is 18.2 Å². The van der Waals surface area contributed by atoms with Crippen LogP contribution >= 0.6 is 34.5 Å². The van der Waals surface area contributed by atoms with E-state index in [1.54, 1.807) is 18.2 Å². The molecule has 6 nitrogen and oxygen atoms in total. The van der Waals surface area contributed by atoms with E-state index in [2.05, 4.69) is 17.1 Å². The van der Waals surface area contributed by atoms with Gasteiger partial charge in [0.05, 0.1) is 15.4 Å². The molecule has 0 unspecified atom stereocenters. The molecule has 0 radical (unpaired) electrons. The molecule has 0 atom stereocenters. The monoisotopic (exact) mass is 489 g/mol. The topological polar surface area (TPSA) is 61.4 Å². The number of carbonyl (C=O) groups excluding carboxylic acids is 1. The number of hydrogen-bond donors (Lipinski definition) is 1. The molecule has 3 aromatic rings. The Bertz CT molecular complexity index is 1170. The smallest absolute Gasteiger partial charge is 0.321 e. The van der Waals surface area contributed by atoms with Crippen LogP contribution in [0.25, 0.3) is 10.2 Å². The summed E-state index contributed by atoms with van der Waals surface area (Å²) in [6.07, 6.45) is 5.58. The average Bonchev–Trinajstić information content (AvgIpc) is 3.19. The molecule has 2 aromatic heterocycles. The highest BCUT2D eigenvalue weighted by atomic mass is 35.5. The van der Waals surface area contributed by atoms with Gasteiger partial charge in [-0.3, -0.25) is 0 Å². The number of aryl methyl sites for hydroxylation is 3. The third-order valence-electron chi connectivity index (χ3n) is 6.20. The third-order valence-corrected chi connectivity index (χ3v) is 8.12. The lowest BCUT2D eigenvalue weighted by Crippen LogP contribution is -2.50. The van der Waals surface area contributed by atoms with E-state index in [0.717, 1.165) is 48.8 Å². The molecule has 1 N–H and O–H groups in total. The second kappa shape index (κ2) is 9.04. The van der Waals surface area contributed by atoms with E-state index < -0.39 is 0 Å². The quantitative estimate of drug-likeness (QED) is 0.505. The first-order chi connectivity index (χ1) is 15.5. The minimum Gasteiger partial charge on any atom is -0.352 e. The van der Waals surface area contributed by atoms with Crippen LogP contribution in [0.5, 0.6) is 0 Å². The van der Waals surface area contributed by atoms with E-state index >= 15 is 0 Å². The highest BCUT2D eigenvalue weighted by Crippen LogP contribution is 2.40. The van der Waals surface area contributed by atoms with Gasteiger partial charge in [0.1, 0.15) is 16.5 Å². The molecule has 9 heteroatoms. The number of urea groups is 1. The van der Waals surface area contributed by atoms with Crippen LogP contribution in [-0.2, 0) is 19.3 Å². The molecule has 1 aliphatic carbocycles. The number of hydrogen-bond acceptors (Lipinski definition) is 5. The number of anilines is 2. The van der Waals surface area contributed by atoms with Crippen molar-refractivity contribution in [2.45, 2.75) is 39.0 Å². The highest BCUT2D eigenvalue weighted by molar-refractivity contribution is 7.19. The molecule has 1 aliphatic heterocycles. The van der Waals surface area contributed by atoms with E-state index in [4.69, 9.17) is 33.2 Å². The standard InChI is InChI=1S/C23H25Cl2N5OS/c1-2-19-27-21(20-15-5-3-4-6-18(15)32-22(20)28-19)29-9-11-30(12-10-29)23(31)26-14-7-8-16(24)17(25)13-14/h7-8,13H,2-6,9-12H2,1H3,(H,26,31). The molecule has 0 saturated carbocycles. The molecule has 3 heterocycles. The number of benzene rings is 1. The molecule has 32 heavy (non-hydrogen) atoms. The predicted octanol–water partition coefficient (Wildman–Crippen LogP) is 5.79. The fourth-order valence-electron chi connectivity index (χ4n) is 4.47. The number of rotatable bonds is 3. The van der Waals surface area contributed by atoms with E-state index in [-0.39, 0.29) is 6.03 Å². The zero-order valence-electron chi connectivity index (χ0n) is 18.0. The normalized spacial score (nSPS) is 16.3. The van der Waals surface area contributed by atoms with E-state index in [9.17, 15) is 4.79 Å². The summed E-state index contributed by atoms with van der Waals surface area (Å²) in [7, 11) is 0. The Morgan fingerprint density at radius 3 is 2.62 bits per heavy atom. The lowest BCUT2D eigenvalue weighted by Gasteiger charge is -2.36. The fraction of sp³-hybridized carbons (Fsp3) is 0.435. The van der Waals surface area contributed by atoms with Crippen molar-refractivity contribution in [2.24, 2.45) is 0 Å². The van der Waals surface area contributed by atoms with Crippen molar-refractivity contribution in [1.82, 2.24) is 14.9 Å². The maximum Gasteiger partial charge on any atom is 0.321 e. The largest absolute Gasteiger partial charge is 0.352 e. The van der Waals surface area contributed by atoms with Crippen molar-refractivity contribution in [2.75, 3.05) is 36.4 Å². The summed E-state index contributed by atoms with van der Waals surface area (Å²) < 4.78 is 0. The summed E-state index contributed by atoms with van der Waals surface area (Å²) in [6.45, 7) is 4.85. The first kappa shape index (κ1) is 21.7. The molecule has 2 aliphatic rings. The van der Waals surface area contributed by atoms with Crippen molar-refractivity contribution in [1.29, 1.82) is 0 Å². The number of piperazine rings is 1. The van der Waals surface area contributed by atoms with Crippen LogP contribution in [0.2, 0.25) is 10.0 Å². The van der Waals surface area contributed by atoms with Crippen LogP contribution in [0.1, 0.15) is 36.0 Å². The molecule has 0 bridgehead atoms. The Hall–Kier alpha value is -2.09. The molecule has 1 saturated heterocycles. The van der Waals surface area contributed by atoms with Gasteiger partial charge in [-0.25, -0.2) is 14.8 Å². The molecule has 168 valence electrons. The van der Waals surface area contributed by atoms with Crippen LogP contribution < -0.4 is 10.2 Å². The van der Waals surface area contributed by atoms with Gasteiger partial charge in [-0.15, -0.1) is 11.3 Å². The van der Waals surface area contributed by atoms with Crippen molar-refractivity contribution < 1.29 is 4.79 Å². The number of halogens is 2. The molecular weight excluding hydrogens is 465 g/mol. The lowest BCUT2D eigenvalue weighted by molar-refractivity contribution is 0.208. The molecule has 0 spiro atoms. The van der Waals surface area contributed by atoms with Gasteiger partial charge in [0, 0.05) is 43.2 Å². The number of amides is 2. The second-order valence-corrected chi connectivity index (χ2v) is 10.1. The van der Waals surface area contributed by atoms with Gasteiger partial charge < -0.3 is 15.1 Å². The lowest BCUT2D eigenvalue weighted by atomic mass is 9.97. The fourth-order valence-corrected chi connectivity index (χ4v) is 6.04. The summed E-state index contributed by atoms with van der Waals surface area (Å²) in [5.41, 5.74) is 2.09. The van der Waals surface area contributed by atoms with Crippen LogP contribution in [0, 0.1) is 0 Å². The number of fused-ring (bicyclic) bond motifs is 3. The van der Waals surface area contributed by atoms with E-state index in [1.807, 2.05) is 16.2 Å². The number of nitrogens with one attached hydrogen (secondary N) is 1. The Balaban J connectivity index is 1.34.